The highest BCUT2D eigenvalue weighted by molar-refractivity contribution is 7.80. The minimum atomic E-state index is -1.42. The van der Waals surface area contributed by atoms with E-state index in [4.69, 9.17) is 17.2 Å². The summed E-state index contributed by atoms with van der Waals surface area (Å²) in [4.78, 5) is 52.3. The fourth-order valence-electron chi connectivity index (χ4n) is 2.56. The first kappa shape index (κ1) is 29.4. The monoisotopic (exact) mass is 477 g/mol. The number of carbonyl (C=O) groups is 4. The van der Waals surface area contributed by atoms with Gasteiger partial charge in [-0.2, -0.15) is 12.6 Å². The van der Waals surface area contributed by atoms with E-state index in [0.29, 0.717) is 0 Å². The predicted molar refractivity (Wildman–Crippen MR) is 122 cm³/mol. The molecule has 14 heteroatoms. The van der Waals surface area contributed by atoms with Crippen LogP contribution in [0, 0.1) is 5.92 Å². The van der Waals surface area contributed by atoms with E-state index in [9.17, 15) is 29.4 Å². The molecule has 0 fully saturated rings. The van der Waals surface area contributed by atoms with E-state index in [2.05, 4.69) is 33.6 Å². The second-order valence-corrected chi connectivity index (χ2v) is 7.94. The maximum Gasteiger partial charge on any atom is 0.326 e. The summed E-state index contributed by atoms with van der Waals surface area (Å²) in [6, 6.07) is -4.63. The van der Waals surface area contributed by atoms with Gasteiger partial charge in [-0.25, -0.2) is 4.79 Å². The molecule has 0 aliphatic carbocycles. The van der Waals surface area contributed by atoms with E-state index in [1.807, 2.05) is 13.8 Å². The Balaban J connectivity index is 5.13. The molecule has 3 amide bonds. The number of nitrogens with two attached hydrogens (primary N) is 3. The minimum absolute atomic E-state index is 0.0151. The topological polar surface area (TPSA) is 235 Å². The molecule has 0 rings (SSSR count). The number of aliphatic hydroxyl groups is 1. The second kappa shape index (κ2) is 15.3. The lowest BCUT2D eigenvalue weighted by Gasteiger charge is -2.25. The molecule has 0 spiro atoms. The summed E-state index contributed by atoms with van der Waals surface area (Å²) in [5.41, 5.74) is 16.0. The highest BCUT2D eigenvalue weighted by Crippen LogP contribution is 2.06. The van der Waals surface area contributed by atoms with Crippen molar-refractivity contribution in [2.75, 3.05) is 18.9 Å². The average Bonchev–Trinajstić information content (AvgIpc) is 2.71. The van der Waals surface area contributed by atoms with Gasteiger partial charge in [-0.3, -0.25) is 19.4 Å². The number of nitrogens with zero attached hydrogens (tertiary/aromatic N) is 1. The third-order valence-corrected chi connectivity index (χ3v) is 4.64. The van der Waals surface area contributed by atoms with E-state index < -0.39 is 54.5 Å². The van der Waals surface area contributed by atoms with Crippen LogP contribution in [-0.4, -0.2) is 82.9 Å². The van der Waals surface area contributed by atoms with Gasteiger partial charge in [0.05, 0.1) is 12.6 Å². The molecule has 0 radical (unpaired) electrons. The molecule has 0 bridgehead atoms. The molecule has 4 unspecified atom stereocenters. The Labute approximate surface area is 192 Å². The highest BCUT2D eigenvalue weighted by Gasteiger charge is 2.30. The fraction of sp³-hybridized carbons (Fsp3) is 0.722. The Hall–Kier alpha value is -2.58. The van der Waals surface area contributed by atoms with Crippen LogP contribution < -0.4 is 33.2 Å². The number of carbonyl (C=O) groups excluding carboxylic acids is 3. The Kier molecular flexibility index (Phi) is 14.0. The van der Waals surface area contributed by atoms with E-state index in [-0.39, 0.29) is 43.4 Å². The average molecular weight is 478 g/mol. The first-order valence-corrected chi connectivity index (χ1v) is 10.7. The first-order chi connectivity index (χ1) is 14.9. The van der Waals surface area contributed by atoms with Crippen molar-refractivity contribution in [1.82, 2.24) is 16.0 Å². The van der Waals surface area contributed by atoms with E-state index in [0.717, 1.165) is 0 Å². The maximum atomic E-state index is 12.7. The number of nitrogens with one attached hydrogen (secondary N) is 3. The predicted octanol–water partition coefficient (Wildman–Crippen LogP) is -3.13. The van der Waals surface area contributed by atoms with Crippen LogP contribution >= 0.6 is 12.6 Å². The van der Waals surface area contributed by atoms with Crippen molar-refractivity contribution in [2.45, 2.75) is 57.3 Å². The number of aliphatic carboxylic acids is 1. The molecule has 0 aliphatic rings. The van der Waals surface area contributed by atoms with Crippen LogP contribution in [0.4, 0.5) is 0 Å². The molecule has 32 heavy (non-hydrogen) atoms. The van der Waals surface area contributed by atoms with Crippen LogP contribution in [0.15, 0.2) is 4.99 Å². The minimum Gasteiger partial charge on any atom is -0.480 e. The van der Waals surface area contributed by atoms with Gasteiger partial charge in [-0.15, -0.1) is 0 Å². The van der Waals surface area contributed by atoms with Gasteiger partial charge in [-0.1, -0.05) is 13.8 Å². The summed E-state index contributed by atoms with van der Waals surface area (Å²) in [6.07, 6.45) is 0.552. The van der Waals surface area contributed by atoms with Gasteiger partial charge in [0.15, 0.2) is 5.96 Å². The van der Waals surface area contributed by atoms with Crippen LogP contribution in [0.2, 0.25) is 0 Å². The summed E-state index contributed by atoms with van der Waals surface area (Å²) in [5, 5.41) is 26.0. The molecule has 0 aromatic heterocycles. The number of hydrogen-bond acceptors (Lipinski definition) is 8. The molecule has 184 valence electrons. The number of thiol groups is 1. The standard InChI is InChI=1S/C18H35N7O6S/c1-9(2)6-12(24-14(27)10(19)8-32)15(28)25-13(7-26)16(29)23-11(17(30)31)4-3-5-22-18(20)21/h9-13,26,32H,3-8,19H2,1-2H3,(H,23,29)(H,24,27)(H,25,28)(H,30,31)(H4,20,21,22). The van der Waals surface area contributed by atoms with Crippen LogP contribution in [0.5, 0.6) is 0 Å². The zero-order valence-electron chi connectivity index (χ0n) is 18.3. The molecule has 0 aromatic carbocycles. The van der Waals surface area contributed by atoms with E-state index in [1.54, 1.807) is 0 Å². The summed E-state index contributed by atoms with van der Waals surface area (Å²) in [5.74, 6) is -3.54. The van der Waals surface area contributed by atoms with Crippen molar-refractivity contribution in [3.63, 3.8) is 0 Å². The van der Waals surface area contributed by atoms with Crippen LogP contribution in [-0.2, 0) is 19.2 Å². The number of carboxylic acids is 1. The Morgan fingerprint density at radius 1 is 0.969 bits per heavy atom. The molecule has 4 atom stereocenters. The van der Waals surface area contributed by atoms with Crippen molar-refractivity contribution < 1.29 is 29.4 Å². The fourth-order valence-corrected chi connectivity index (χ4v) is 2.73. The number of amides is 3. The van der Waals surface area contributed by atoms with Gasteiger partial charge in [0.2, 0.25) is 17.7 Å². The number of rotatable bonds is 15. The van der Waals surface area contributed by atoms with Gasteiger partial charge in [0, 0.05) is 12.3 Å². The smallest absolute Gasteiger partial charge is 0.326 e. The van der Waals surface area contributed by atoms with Crippen molar-refractivity contribution in [2.24, 2.45) is 28.1 Å². The third-order valence-electron chi connectivity index (χ3n) is 4.25. The van der Waals surface area contributed by atoms with Crippen molar-refractivity contribution >= 4 is 42.3 Å². The number of aliphatic hydroxyl groups excluding tert-OH is 1. The van der Waals surface area contributed by atoms with E-state index in [1.165, 1.54) is 0 Å². The Bertz CT molecular complexity index is 672. The summed E-state index contributed by atoms with van der Waals surface area (Å²) < 4.78 is 0. The van der Waals surface area contributed by atoms with Gasteiger partial charge >= 0.3 is 5.97 Å². The third kappa shape index (κ3) is 11.7. The van der Waals surface area contributed by atoms with Crippen molar-refractivity contribution in [3.8, 4) is 0 Å². The number of aliphatic imine (C=N–C) groups is 1. The zero-order valence-corrected chi connectivity index (χ0v) is 19.2. The molecule has 0 saturated carbocycles. The molecule has 0 heterocycles. The van der Waals surface area contributed by atoms with Gasteiger partial charge in [-0.05, 0) is 25.2 Å². The molecule has 0 aromatic rings. The summed E-state index contributed by atoms with van der Waals surface area (Å²) >= 11 is 3.95. The lowest BCUT2D eigenvalue weighted by Crippen LogP contribution is -2.58. The summed E-state index contributed by atoms with van der Waals surface area (Å²) in [6.45, 7) is 3.06. The van der Waals surface area contributed by atoms with Crippen LogP contribution in [0.3, 0.4) is 0 Å². The normalized spacial score (nSPS) is 14.6. The highest BCUT2D eigenvalue weighted by atomic mass is 32.1. The molecule has 0 saturated heterocycles. The number of carboxylic acid groups (broad SMARTS) is 1. The quantitative estimate of drug-likeness (QED) is 0.0501. The lowest BCUT2D eigenvalue weighted by atomic mass is 10.0. The zero-order chi connectivity index (χ0) is 24.8. The van der Waals surface area contributed by atoms with Crippen molar-refractivity contribution in [1.29, 1.82) is 0 Å². The molecule has 11 N–H and O–H groups in total. The van der Waals surface area contributed by atoms with Crippen molar-refractivity contribution in [3.05, 3.63) is 0 Å². The maximum absolute atomic E-state index is 12.7. The number of hydrogen-bond donors (Lipinski definition) is 9. The molecule has 0 aliphatic heterocycles. The summed E-state index contributed by atoms with van der Waals surface area (Å²) in [7, 11) is 0. The largest absolute Gasteiger partial charge is 0.480 e. The Morgan fingerprint density at radius 3 is 1.97 bits per heavy atom. The van der Waals surface area contributed by atoms with Gasteiger partial charge in [0.1, 0.15) is 18.1 Å². The second-order valence-electron chi connectivity index (χ2n) is 7.57. The SMILES string of the molecule is CC(C)CC(NC(=O)C(N)CS)C(=O)NC(CO)C(=O)NC(CCCN=C(N)N)C(=O)O. The molecular weight excluding hydrogens is 442 g/mol. The van der Waals surface area contributed by atoms with Gasteiger partial charge < -0.3 is 43.4 Å². The first-order valence-electron chi connectivity index (χ1n) is 10.1. The van der Waals surface area contributed by atoms with Crippen LogP contribution in [0.1, 0.15) is 33.1 Å². The number of guanidine groups is 1. The molecule has 13 nitrogen and oxygen atoms in total. The molecular formula is C18H35N7O6S. The van der Waals surface area contributed by atoms with Gasteiger partial charge in [0.25, 0.3) is 0 Å². The van der Waals surface area contributed by atoms with E-state index >= 15 is 0 Å². The van der Waals surface area contributed by atoms with Crippen LogP contribution in [0.25, 0.3) is 0 Å². The Morgan fingerprint density at radius 2 is 1.50 bits per heavy atom. The lowest BCUT2D eigenvalue weighted by molar-refractivity contribution is -0.142.